The molecule has 3 rings (SSSR count). The van der Waals surface area contributed by atoms with Gasteiger partial charge in [0.2, 0.25) is 5.96 Å². The molecule has 1 aromatic carbocycles. The van der Waals surface area contributed by atoms with Crippen LogP contribution < -0.4 is 10.6 Å². The van der Waals surface area contributed by atoms with Gasteiger partial charge in [0.05, 0.1) is 6.61 Å². The van der Waals surface area contributed by atoms with Crippen molar-refractivity contribution in [2.24, 2.45) is 4.99 Å². The SMILES string of the molecule is CCOC=C1C(=O)NC(=Nc2nc3ccccc3o2)NC1=O. The Morgan fingerprint density at radius 3 is 2.68 bits per heavy atom. The van der Waals surface area contributed by atoms with Crippen molar-refractivity contribution >= 4 is 34.9 Å². The minimum absolute atomic E-state index is 0.0361. The molecule has 112 valence electrons. The van der Waals surface area contributed by atoms with E-state index >= 15 is 0 Å². The van der Waals surface area contributed by atoms with Crippen molar-refractivity contribution in [2.45, 2.75) is 6.92 Å². The molecule has 0 saturated carbocycles. The minimum Gasteiger partial charge on any atom is -0.500 e. The molecule has 2 N–H and O–H groups in total. The Morgan fingerprint density at radius 1 is 1.27 bits per heavy atom. The summed E-state index contributed by atoms with van der Waals surface area (Å²) in [5.41, 5.74) is 1.07. The zero-order valence-corrected chi connectivity index (χ0v) is 11.6. The van der Waals surface area contributed by atoms with Crippen molar-refractivity contribution in [3.8, 4) is 0 Å². The number of guanidine groups is 1. The lowest BCUT2D eigenvalue weighted by Crippen LogP contribution is -2.52. The summed E-state index contributed by atoms with van der Waals surface area (Å²) in [5, 5.41) is 4.86. The molecule has 0 aliphatic carbocycles. The van der Waals surface area contributed by atoms with E-state index in [0.29, 0.717) is 17.7 Å². The summed E-state index contributed by atoms with van der Waals surface area (Å²) in [6, 6.07) is 7.17. The van der Waals surface area contributed by atoms with Crippen LogP contribution in [0.5, 0.6) is 0 Å². The summed E-state index contributed by atoms with van der Waals surface area (Å²) >= 11 is 0. The normalized spacial score (nSPS) is 14.6. The van der Waals surface area contributed by atoms with Crippen LogP contribution in [0.3, 0.4) is 0 Å². The molecule has 2 aromatic rings. The van der Waals surface area contributed by atoms with Gasteiger partial charge in [-0.05, 0) is 19.1 Å². The lowest BCUT2D eigenvalue weighted by atomic mass is 10.2. The highest BCUT2D eigenvalue weighted by molar-refractivity contribution is 6.29. The number of fused-ring (bicyclic) bond motifs is 1. The maximum absolute atomic E-state index is 11.8. The van der Waals surface area contributed by atoms with Crippen molar-refractivity contribution < 1.29 is 18.7 Å². The number of aliphatic imine (C=N–C) groups is 1. The predicted octanol–water partition coefficient (Wildman–Crippen LogP) is 0.982. The Labute approximate surface area is 124 Å². The van der Waals surface area contributed by atoms with Gasteiger partial charge in [0, 0.05) is 0 Å². The molecule has 8 nitrogen and oxygen atoms in total. The molecular formula is C14H12N4O4. The number of hydrogen-bond acceptors (Lipinski definition) is 6. The first-order valence-electron chi connectivity index (χ1n) is 6.56. The van der Waals surface area contributed by atoms with Crippen molar-refractivity contribution in [2.75, 3.05) is 6.61 Å². The fourth-order valence-corrected chi connectivity index (χ4v) is 1.82. The number of oxazole rings is 1. The van der Waals surface area contributed by atoms with Crippen LogP contribution in [-0.2, 0) is 14.3 Å². The summed E-state index contributed by atoms with van der Waals surface area (Å²) < 4.78 is 10.3. The molecular weight excluding hydrogens is 288 g/mol. The quantitative estimate of drug-likeness (QED) is 0.499. The number of hydrogen-bond donors (Lipinski definition) is 2. The van der Waals surface area contributed by atoms with E-state index < -0.39 is 11.8 Å². The molecule has 0 radical (unpaired) electrons. The number of carbonyl (C=O) groups excluding carboxylic acids is 2. The molecule has 1 aromatic heterocycles. The van der Waals surface area contributed by atoms with Crippen LogP contribution in [0.1, 0.15) is 6.92 Å². The molecule has 8 heteroatoms. The van der Waals surface area contributed by atoms with Gasteiger partial charge in [-0.25, -0.2) is 0 Å². The number of rotatable bonds is 3. The Morgan fingerprint density at radius 2 is 2.00 bits per heavy atom. The molecule has 22 heavy (non-hydrogen) atoms. The Hall–Kier alpha value is -3.16. The second kappa shape index (κ2) is 5.68. The standard InChI is InChI=1S/C14H12N4O4/c1-2-21-7-8-11(19)16-13(17-12(8)20)18-14-15-9-5-3-4-6-10(9)22-14/h3-7H,2H2,1H3,(H2,15,16,17,18,19,20). The second-order valence-electron chi connectivity index (χ2n) is 4.32. The topological polar surface area (TPSA) is 106 Å². The fourth-order valence-electron chi connectivity index (χ4n) is 1.82. The largest absolute Gasteiger partial charge is 0.500 e. The lowest BCUT2D eigenvalue weighted by Gasteiger charge is -2.16. The monoisotopic (exact) mass is 300 g/mol. The summed E-state index contributed by atoms with van der Waals surface area (Å²) in [7, 11) is 0. The van der Waals surface area contributed by atoms with Gasteiger partial charge in [0.15, 0.2) is 5.58 Å². The highest BCUT2D eigenvalue weighted by Gasteiger charge is 2.27. The van der Waals surface area contributed by atoms with Gasteiger partial charge in [-0.15, -0.1) is 0 Å². The number of nitrogens with zero attached hydrogens (tertiary/aromatic N) is 2. The number of aromatic nitrogens is 1. The van der Waals surface area contributed by atoms with Gasteiger partial charge in [-0.2, -0.15) is 9.98 Å². The van der Waals surface area contributed by atoms with Crippen LogP contribution in [0, 0.1) is 0 Å². The molecule has 2 amide bonds. The summed E-state index contributed by atoms with van der Waals surface area (Å²) in [6.07, 6.45) is 1.11. The first-order valence-corrected chi connectivity index (χ1v) is 6.56. The smallest absolute Gasteiger partial charge is 0.326 e. The highest BCUT2D eigenvalue weighted by Crippen LogP contribution is 2.20. The molecule has 1 fully saturated rings. The van der Waals surface area contributed by atoms with Crippen LogP contribution in [-0.4, -0.2) is 29.4 Å². The second-order valence-corrected chi connectivity index (χ2v) is 4.32. The fraction of sp³-hybridized carbons (Fsp3) is 0.143. The van der Waals surface area contributed by atoms with Gasteiger partial charge in [-0.1, -0.05) is 12.1 Å². The average Bonchev–Trinajstić information content (AvgIpc) is 2.88. The van der Waals surface area contributed by atoms with E-state index in [1.807, 2.05) is 6.07 Å². The first kappa shape index (κ1) is 13.8. The van der Waals surface area contributed by atoms with Crippen LogP contribution in [0.4, 0.5) is 6.01 Å². The van der Waals surface area contributed by atoms with Crippen LogP contribution in [0.2, 0.25) is 0 Å². The molecule has 0 spiro atoms. The van der Waals surface area contributed by atoms with Crippen molar-refractivity contribution in [1.82, 2.24) is 15.6 Å². The van der Waals surface area contributed by atoms with Gasteiger partial charge in [-0.3, -0.25) is 20.2 Å². The predicted molar refractivity (Wildman–Crippen MR) is 77.1 cm³/mol. The van der Waals surface area contributed by atoms with Gasteiger partial charge in [0.1, 0.15) is 17.4 Å². The zero-order chi connectivity index (χ0) is 15.5. The zero-order valence-electron chi connectivity index (χ0n) is 11.6. The van der Waals surface area contributed by atoms with Crippen LogP contribution in [0.25, 0.3) is 11.1 Å². The number of benzene rings is 1. The molecule has 1 aliphatic rings. The molecule has 0 unspecified atom stereocenters. The van der Waals surface area contributed by atoms with Crippen molar-refractivity contribution in [3.05, 3.63) is 36.1 Å². The molecule has 1 saturated heterocycles. The Bertz CT molecular complexity index is 751. The number of para-hydroxylation sites is 2. The summed E-state index contributed by atoms with van der Waals surface area (Å²) in [6.45, 7) is 2.10. The molecule has 0 bridgehead atoms. The van der Waals surface area contributed by atoms with E-state index in [1.54, 1.807) is 25.1 Å². The molecule has 2 heterocycles. The van der Waals surface area contributed by atoms with Gasteiger partial charge < -0.3 is 9.15 Å². The minimum atomic E-state index is -0.605. The third kappa shape index (κ3) is 2.66. The maximum Gasteiger partial charge on any atom is 0.326 e. The molecule has 0 atom stereocenters. The third-order valence-corrected chi connectivity index (χ3v) is 2.81. The maximum atomic E-state index is 11.8. The van der Waals surface area contributed by atoms with E-state index in [0.717, 1.165) is 6.26 Å². The van der Waals surface area contributed by atoms with Crippen molar-refractivity contribution in [3.63, 3.8) is 0 Å². The average molecular weight is 300 g/mol. The van der Waals surface area contributed by atoms with Crippen LogP contribution in [0.15, 0.2) is 45.5 Å². The van der Waals surface area contributed by atoms with Crippen molar-refractivity contribution in [1.29, 1.82) is 0 Å². The summed E-state index contributed by atoms with van der Waals surface area (Å²) in [4.78, 5) is 31.8. The highest BCUT2D eigenvalue weighted by atomic mass is 16.5. The molecule has 1 aliphatic heterocycles. The van der Waals surface area contributed by atoms with Gasteiger partial charge >= 0.3 is 6.01 Å². The first-order chi connectivity index (χ1) is 10.7. The summed E-state index contributed by atoms with van der Waals surface area (Å²) in [5.74, 6) is -1.26. The van der Waals surface area contributed by atoms with E-state index in [2.05, 4.69) is 20.6 Å². The lowest BCUT2D eigenvalue weighted by molar-refractivity contribution is -0.123. The number of carbonyl (C=O) groups is 2. The number of ether oxygens (including phenoxy) is 1. The van der Waals surface area contributed by atoms with E-state index in [4.69, 9.17) is 9.15 Å². The van der Waals surface area contributed by atoms with E-state index in [9.17, 15) is 9.59 Å². The Kier molecular flexibility index (Phi) is 3.57. The van der Waals surface area contributed by atoms with E-state index in [-0.39, 0.29) is 17.5 Å². The number of amides is 2. The van der Waals surface area contributed by atoms with E-state index in [1.165, 1.54) is 0 Å². The Balaban J connectivity index is 1.84. The van der Waals surface area contributed by atoms with Gasteiger partial charge in [0.25, 0.3) is 11.8 Å². The number of nitrogens with one attached hydrogen (secondary N) is 2. The third-order valence-electron chi connectivity index (χ3n) is 2.81. The van der Waals surface area contributed by atoms with Crippen LogP contribution >= 0.6 is 0 Å².